The molecular weight excluding hydrogens is 266 g/mol. The average molecular weight is 293 g/mol. The summed E-state index contributed by atoms with van der Waals surface area (Å²) in [4.78, 5) is 4.29. The van der Waals surface area contributed by atoms with Crippen molar-refractivity contribution >= 4 is 0 Å². The van der Waals surface area contributed by atoms with Crippen molar-refractivity contribution in [2.24, 2.45) is 17.7 Å². The number of aromatic nitrogens is 1. The number of nitrogens with two attached hydrogens (primary N) is 1. The fraction of sp³-hybridized carbons (Fsp3) is 0.688. The van der Waals surface area contributed by atoms with Crippen LogP contribution in [0.4, 0.5) is 0 Å². The molecule has 1 saturated heterocycles. The largest absolute Gasteiger partial charge is 0.492 e. The van der Waals surface area contributed by atoms with E-state index < -0.39 is 0 Å². The summed E-state index contributed by atoms with van der Waals surface area (Å²) in [5.41, 5.74) is 4.00. The van der Waals surface area contributed by atoms with E-state index in [0.717, 1.165) is 17.7 Å². The van der Waals surface area contributed by atoms with Crippen molar-refractivity contribution in [3.63, 3.8) is 0 Å². The van der Waals surface area contributed by atoms with E-state index in [9.17, 15) is 0 Å². The third-order valence-corrected chi connectivity index (χ3v) is 4.45. The molecule has 5 unspecified atom stereocenters. The molecule has 118 valence electrons. The average Bonchev–Trinajstić information content (AvgIpc) is 2.73. The molecule has 0 bridgehead atoms. The number of hydrazine groups is 1. The molecule has 0 radical (unpaired) electrons. The Morgan fingerprint density at radius 1 is 1.33 bits per heavy atom. The number of hydrogen-bond acceptors (Lipinski definition) is 5. The predicted octanol–water partition coefficient (Wildman–Crippen LogP) is 2.43. The first kappa shape index (κ1) is 16.2. The molecule has 1 aromatic heterocycles. The second-order valence-electron chi connectivity index (χ2n) is 5.93. The second kappa shape index (κ2) is 7.20. The van der Waals surface area contributed by atoms with Gasteiger partial charge in [0.25, 0.3) is 0 Å². The maximum Gasteiger partial charge on any atom is 0.137 e. The Kier molecular flexibility index (Phi) is 5.56. The van der Waals surface area contributed by atoms with Crippen LogP contribution in [0.5, 0.6) is 5.75 Å². The highest BCUT2D eigenvalue weighted by Crippen LogP contribution is 2.40. The van der Waals surface area contributed by atoms with E-state index in [1.54, 1.807) is 6.20 Å². The monoisotopic (exact) mass is 293 g/mol. The Morgan fingerprint density at radius 2 is 2.10 bits per heavy atom. The molecule has 2 heterocycles. The number of pyridine rings is 1. The van der Waals surface area contributed by atoms with Crippen LogP contribution in [-0.4, -0.2) is 23.8 Å². The van der Waals surface area contributed by atoms with Gasteiger partial charge in [-0.1, -0.05) is 13.8 Å². The molecule has 1 aliphatic heterocycles. The lowest BCUT2D eigenvalue weighted by atomic mass is 9.81. The Labute approximate surface area is 127 Å². The van der Waals surface area contributed by atoms with Gasteiger partial charge in [-0.05, 0) is 37.8 Å². The van der Waals surface area contributed by atoms with Gasteiger partial charge in [-0.15, -0.1) is 0 Å². The van der Waals surface area contributed by atoms with Gasteiger partial charge < -0.3 is 9.47 Å². The normalized spacial score (nSPS) is 30.3. The zero-order valence-electron chi connectivity index (χ0n) is 13.4. The third kappa shape index (κ3) is 3.54. The van der Waals surface area contributed by atoms with Crippen molar-refractivity contribution in [2.45, 2.75) is 52.4 Å². The summed E-state index contributed by atoms with van der Waals surface area (Å²) < 4.78 is 11.6. The number of rotatable bonds is 6. The van der Waals surface area contributed by atoms with E-state index in [1.807, 2.05) is 12.3 Å². The van der Waals surface area contributed by atoms with Crippen LogP contribution in [-0.2, 0) is 4.74 Å². The van der Waals surface area contributed by atoms with Gasteiger partial charge in [0, 0.05) is 12.1 Å². The van der Waals surface area contributed by atoms with E-state index in [0.29, 0.717) is 18.4 Å². The number of nitrogens with one attached hydrogen (secondary N) is 1. The van der Waals surface area contributed by atoms with Gasteiger partial charge in [-0.2, -0.15) is 0 Å². The number of hydrogen-bond donors (Lipinski definition) is 2. The standard InChI is InChI=1S/C16H27N3O2/c1-5-6-20-14-7-13(8-18-9-14)16(19-17)15-10(2)11(3)21-12(15)4/h7-12,15-16,19H,5-6,17H2,1-4H3. The molecule has 0 aliphatic carbocycles. The van der Waals surface area contributed by atoms with Gasteiger partial charge in [-0.3, -0.25) is 16.3 Å². The fourth-order valence-electron chi connectivity index (χ4n) is 3.20. The molecule has 0 aromatic carbocycles. The van der Waals surface area contributed by atoms with Gasteiger partial charge in [-0.25, -0.2) is 0 Å². The van der Waals surface area contributed by atoms with Crippen molar-refractivity contribution in [1.82, 2.24) is 10.4 Å². The second-order valence-corrected chi connectivity index (χ2v) is 5.93. The third-order valence-electron chi connectivity index (χ3n) is 4.45. The first-order valence-electron chi connectivity index (χ1n) is 7.77. The summed E-state index contributed by atoms with van der Waals surface area (Å²) in [5.74, 6) is 7.37. The highest BCUT2D eigenvalue weighted by molar-refractivity contribution is 5.27. The predicted molar refractivity (Wildman–Crippen MR) is 82.8 cm³/mol. The van der Waals surface area contributed by atoms with E-state index in [2.05, 4.69) is 38.1 Å². The number of nitrogens with zero attached hydrogens (tertiary/aromatic N) is 1. The van der Waals surface area contributed by atoms with Crippen molar-refractivity contribution in [1.29, 1.82) is 0 Å². The topological polar surface area (TPSA) is 69.4 Å². The molecule has 0 spiro atoms. The Balaban J connectivity index is 2.21. The lowest BCUT2D eigenvalue weighted by Crippen LogP contribution is -2.38. The van der Waals surface area contributed by atoms with Gasteiger partial charge in [0.1, 0.15) is 5.75 Å². The van der Waals surface area contributed by atoms with Crippen LogP contribution in [0.3, 0.4) is 0 Å². The van der Waals surface area contributed by atoms with E-state index in [-0.39, 0.29) is 18.2 Å². The van der Waals surface area contributed by atoms with Crippen LogP contribution >= 0.6 is 0 Å². The van der Waals surface area contributed by atoms with Crippen LogP contribution in [0.1, 0.15) is 45.7 Å². The molecule has 1 aliphatic rings. The van der Waals surface area contributed by atoms with E-state index in [4.69, 9.17) is 15.3 Å². The summed E-state index contributed by atoms with van der Waals surface area (Å²) in [7, 11) is 0. The molecule has 1 fully saturated rings. The molecule has 5 atom stereocenters. The summed E-state index contributed by atoms with van der Waals surface area (Å²) in [6, 6.07) is 2.04. The summed E-state index contributed by atoms with van der Waals surface area (Å²) >= 11 is 0. The minimum absolute atomic E-state index is 0.0117. The van der Waals surface area contributed by atoms with E-state index >= 15 is 0 Å². The van der Waals surface area contributed by atoms with Gasteiger partial charge in [0.05, 0.1) is 31.1 Å². The molecule has 0 amide bonds. The SMILES string of the molecule is CCCOc1cncc(C(NN)C2C(C)OC(C)C2C)c1. The summed E-state index contributed by atoms with van der Waals surface area (Å²) in [6.45, 7) is 9.23. The smallest absolute Gasteiger partial charge is 0.137 e. The molecule has 1 aromatic rings. The maximum atomic E-state index is 5.94. The van der Waals surface area contributed by atoms with Crippen molar-refractivity contribution in [2.75, 3.05) is 6.61 Å². The minimum atomic E-state index is 0.0117. The molecule has 5 heteroatoms. The van der Waals surface area contributed by atoms with Gasteiger partial charge in [0.2, 0.25) is 0 Å². The highest BCUT2D eigenvalue weighted by atomic mass is 16.5. The Morgan fingerprint density at radius 3 is 2.67 bits per heavy atom. The lowest BCUT2D eigenvalue weighted by Gasteiger charge is -2.28. The first-order valence-corrected chi connectivity index (χ1v) is 7.77. The molecular formula is C16H27N3O2. The maximum absolute atomic E-state index is 5.94. The van der Waals surface area contributed by atoms with E-state index in [1.165, 1.54) is 0 Å². The first-order chi connectivity index (χ1) is 10.1. The fourth-order valence-corrected chi connectivity index (χ4v) is 3.20. The van der Waals surface area contributed by atoms with Gasteiger partial charge in [0.15, 0.2) is 0 Å². The molecule has 5 nitrogen and oxygen atoms in total. The van der Waals surface area contributed by atoms with Crippen molar-refractivity contribution in [3.05, 3.63) is 24.0 Å². The van der Waals surface area contributed by atoms with Gasteiger partial charge >= 0.3 is 0 Å². The van der Waals surface area contributed by atoms with Crippen molar-refractivity contribution < 1.29 is 9.47 Å². The molecule has 2 rings (SSSR count). The molecule has 3 N–H and O–H groups in total. The quantitative estimate of drug-likeness (QED) is 0.623. The van der Waals surface area contributed by atoms with Crippen LogP contribution < -0.4 is 16.0 Å². The Bertz CT molecular complexity index is 455. The molecule has 0 saturated carbocycles. The zero-order chi connectivity index (χ0) is 15.4. The number of ether oxygens (including phenoxy) is 2. The van der Waals surface area contributed by atoms with Crippen LogP contribution in [0.2, 0.25) is 0 Å². The minimum Gasteiger partial charge on any atom is -0.492 e. The highest BCUT2D eigenvalue weighted by Gasteiger charge is 2.42. The molecule has 21 heavy (non-hydrogen) atoms. The lowest BCUT2D eigenvalue weighted by molar-refractivity contribution is 0.0474. The van der Waals surface area contributed by atoms with Crippen LogP contribution in [0.25, 0.3) is 0 Å². The summed E-state index contributed by atoms with van der Waals surface area (Å²) in [5, 5.41) is 0. The van der Waals surface area contributed by atoms with Crippen molar-refractivity contribution in [3.8, 4) is 5.75 Å². The summed E-state index contributed by atoms with van der Waals surface area (Å²) in [6.07, 6.45) is 4.98. The Hall–Kier alpha value is -1.17. The zero-order valence-corrected chi connectivity index (χ0v) is 13.4. The van der Waals surface area contributed by atoms with Crippen LogP contribution in [0, 0.1) is 11.8 Å². The van der Waals surface area contributed by atoms with Crippen LogP contribution in [0.15, 0.2) is 18.5 Å².